The SMILES string of the molecule is CS(=O)(=O)c1cccc(-n2nc(Cc3ccccc3)c3c2CCNC3)c1. The first kappa shape index (κ1) is 17.0. The maximum absolute atomic E-state index is 11.9. The molecule has 6 heteroatoms. The van der Waals surface area contributed by atoms with Crippen LogP contribution in [0.2, 0.25) is 0 Å². The topological polar surface area (TPSA) is 64.0 Å². The molecule has 0 radical (unpaired) electrons. The Morgan fingerprint density at radius 3 is 2.69 bits per heavy atom. The molecule has 1 aromatic heterocycles. The molecule has 0 unspecified atom stereocenters. The van der Waals surface area contributed by atoms with Gasteiger partial charge in [-0.1, -0.05) is 36.4 Å². The number of aromatic nitrogens is 2. The molecule has 134 valence electrons. The number of fused-ring (bicyclic) bond motifs is 1. The maximum atomic E-state index is 11.9. The molecule has 0 saturated heterocycles. The second-order valence-corrected chi connectivity index (χ2v) is 8.66. The molecule has 1 N–H and O–H groups in total. The summed E-state index contributed by atoms with van der Waals surface area (Å²) in [5, 5.41) is 8.28. The summed E-state index contributed by atoms with van der Waals surface area (Å²) in [6.07, 6.45) is 2.87. The predicted molar refractivity (Wildman–Crippen MR) is 101 cm³/mol. The van der Waals surface area contributed by atoms with E-state index in [9.17, 15) is 8.42 Å². The van der Waals surface area contributed by atoms with Crippen molar-refractivity contribution < 1.29 is 8.42 Å². The third kappa shape index (κ3) is 3.30. The van der Waals surface area contributed by atoms with Gasteiger partial charge in [0.15, 0.2) is 9.84 Å². The minimum absolute atomic E-state index is 0.317. The lowest BCUT2D eigenvalue weighted by Crippen LogP contribution is -2.25. The van der Waals surface area contributed by atoms with Gasteiger partial charge in [-0.3, -0.25) is 0 Å². The number of sulfone groups is 1. The standard InChI is InChI=1S/C20H21N3O2S/c1-26(24,25)17-9-5-8-16(13-17)23-20-10-11-21-14-18(20)19(22-23)12-15-6-3-2-4-7-15/h2-9,13,21H,10-12,14H2,1H3. The molecule has 0 spiro atoms. The molecule has 4 rings (SSSR count). The summed E-state index contributed by atoms with van der Waals surface area (Å²) < 4.78 is 25.7. The minimum atomic E-state index is -3.25. The Hall–Kier alpha value is -2.44. The van der Waals surface area contributed by atoms with Gasteiger partial charge in [0, 0.05) is 37.8 Å². The third-order valence-electron chi connectivity index (χ3n) is 4.72. The highest BCUT2D eigenvalue weighted by Gasteiger charge is 2.22. The molecule has 3 aromatic rings. The van der Waals surface area contributed by atoms with E-state index in [-0.39, 0.29) is 0 Å². The summed E-state index contributed by atoms with van der Waals surface area (Å²) in [6.45, 7) is 1.69. The second kappa shape index (κ2) is 6.70. The van der Waals surface area contributed by atoms with Crippen molar-refractivity contribution in [3.8, 4) is 5.69 Å². The quantitative estimate of drug-likeness (QED) is 0.770. The van der Waals surface area contributed by atoms with E-state index in [1.165, 1.54) is 23.1 Å². The lowest BCUT2D eigenvalue weighted by molar-refractivity contribution is 0.601. The Bertz CT molecular complexity index is 1040. The van der Waals surface area contributed by atoms with Crippen LogP contribution in [0.1, 0.15) is 22.5 Å². The summed E-state index contributed by atoms with van der Waals surface area (Å²) in [6, 6.07) is 17.3. The van der Waals surface area contributed by atoms with Gasteiger partial charge in [0.05, 0.1) is 22.0 Å². The van der Waals surface area contributed by atoms with Crippen molar-refractivity contribution in [2.24, 2.45) is 0 Å². The maximum Gasteiger partial charge on any atom is 0.175 e. The number of benzene rings is 2. The second-order valence-electron chi connectivity index (χ2n) is 6.64. The first-order valence-electron chi connectivity index (χ1n) is 8.67. The fraction of sp³-hybridized carbons (Fsp3) is 0.250. The van der Waals surface area contributed by atoms with Gasteiger partial charge in [-0.25, -0.2) is 13.1 Å². The van der Waals surface area contributed by atoms with Crippen LogP contribution in [0.4, 0.5) is 0 Å². The highest BCUT2D eigenvalue weighted by atomic mass is 32.2. The molecule has 0 saturated carbocycles. The van der Waals surface area contributed by atoms with E-state index in [2.05, 4.69) is 17.4 Å². The first-order valence-corrected chi connectivity index (χ1v) is 10.6. The van der Waals surface area contributed by atoms with Gasteiger partial charge in [0.25, 0.3) is 0 Å². The summed E-state index contributed by atoms with van der Waals surface area (Å²) in [5.41, 5.74) is 5.45. The number of nitrogens with zero attached hydrogens (tertiary/aromatic N) is 2. The molecule has 2 aromatic carbocycles. The Kier molecular flexibility index (Phi) is 4.38. The van der Waals surface area contributed by atoms with Crippen molar-refractivity contribution in [3.05, 3.63) is 77.1 Å². The normalized spacial score (nSPS) is 14.2. The van der Waals surface area contributed by atoms with E-state index in [0.717, 1.165) is 37.3 Å². The number of hydrogen-bond donors (Lipinski definition) is 1. The Labute approximate surface area is 153 Å². The average molecular weight is 367 g/mol. The van der Waals surface area contributed by atoms with Crippen LogP contribution in [0.15, 0.2) is 59.5 Å². The number of nitrogens with one attached hydrogen (secondary N) is 1. The lowest BCUT2D eigenvalue weighted by atomic mass is 10.0. The van der Waals surface area contributed by atoms with Crippen molar-refractivity contribution in [2.75, 3.05) is 12.8 Å². The molecule has 0 fully saturated rings. The molecule has 5 nitrogen and oxygen atoms in total. The van der Waals surface area contributed by atoms with Crippen molar-refractivity contribution >= 4 is 9.84 Å². The largest absolute Gasteiger partial charge is 0.312 e. The molecule has 1 aliphatic heterocycles. The van der Waals surface area contributed by atoms with Crippen LogP contribution in [0.5, 0.6) is 0 Å². The van der Waals surface area contributed by atoms with Gasteiger partial charge < -0.3 is 5.32 Å². The Morgan fingerprint density at radius 1 is 1.12 bits per heavy atom. The molecule has 26 heavy (non-hydrogen) atoms. The summed E-state index contributed by atoms with van der Waals surface area (Å²) in [4.78, 5) is 0.317. The average Bonchev–Trinajstić information content (AvgIpc) is 3.01. The zero-order chi connectivity index (χ0) is 18.1. The Morgan fingerprint density at radius 2 is 1.92 bits per heavy atom. The fourth-order valence-corrected chi connectivity index (χ4v) is 4.07. The smallest absolute Gasteiger partial charge is 0.175 e. The third-order valence-corrected chi connectivity index (χ3v) is 5.83. The lowest BCUT2D eigenvalue weighted by Gasteiger charge is -2.16. The van der Waals surface area contributed by atoms with Gasteiger partial charge in [0.1, 0.15) is 0 Å². The van der Waals surface area contributed by atoms with Gasteiger partial charge >= 0.3 is 0 Å². The van der Waals surface area contributed by atoms with Crippen LogP contribution in [-0.2, 0) is 29.2 Å². The van der Waals surface area contributed by atoms with Crippen molar-refractivity contribution in [1.82, 2.24) is 15.1 Å². The highest BCUT2D eigenvalue weighted by molar-refractivity contribution is 7.90. The van der Waals surface area contributed by atoms with Gasteiger partial charge in [-0.15, -0.1) is 0 Å². The summed E-state index contributed by atoms with van der Waals surface area (Å²) in [7, 11) is -3.25. The molecule has 0 amide bonds. The zero-order valence-corrected chi connectivity index (χ0v) is 15.5. The highest BCUT2D eigenvalue weighted by Crippen LogP contribution is 2.25. The molecule has 0 aliphatic carbocycles. The van der Waals surface area contributed by atoms with Crippen LogP contribution in [0, 0.1) is 0 Å². The van der Waals surface area contributed by atoms with Crippen LogP contribution in [0.3, 0.4) is 0 Å². The summed E-state index contributed by atoms with van der Waals surface area (Å²) in [5.74, 6) is 0. The molecule has 1 aliphatic rings. The van der Waals surface area contributed by atoms with E-state index < -0.39 is 9.84 Å². The number of rotatable bonds is 4. The Balaban J connectivity index is 1.80. The van der Waals surface area contributed by atoms with Gasteiger partial charge in [-0.05, 0) is 23.8 Å². The van der Waals surface area contributed by atoms with Crippen LogP contribution in [-0.4, -0.2) is 31.0 Å². The van der Waals surface area contributed by atoms with E-state index in [0.29, 0.717) is 4.90 Å². The molecule has 2 heterocycles. The molecular weight excluding hydrogens is 346 g/mol. The minimum Gasteiger partial charge on any atom is -0.312 e. The number of hydrogen-bond acceptors (Lipinski definition) is 4. The molecule has 0 atom stereocenters. The zero-order valence-electron chi connectivity index (χ0n) is 14.6. The van der Waals surface area contributed by atoms with Crippen molar-refractivity contribution in [2.45, 2.75) is 24.3 Å². The predicted octanol–water partition coefficient (Wildman–Crippen LogP) is 2.51. The van der Waals surface area contributed by atoms with Crippen molar-refractivity contribution in [1.29, 1.82) is 0 Å². The van der Waals surface area contributed by atoms with E-state index in [1.54, 1.807) is 18.2 Å². The first-order chi connectivity index (χ1) is 12.5. The van der Waals surface area contributed by atoms with Crippen LogP contribution in [0.25, 0.3) is 5.69 Å². The van der Waals surface area contributed by atoms with E-state index >= 15 is 0 Å². The monoisotopic (exact) mass is 367 g/mol. The summed E-state index contributed by atoms with van der Waals surface area (Å²) >= 11 is 0. The molecular formula is C20H21N3O2S. The van der Waals surface area contributed by atoms with E-state index in [4.69, 9.17) is 5.10 Å². The van der Waals surface area contributed by atoms with Gasteiger partial charge in [0.2, 0.25) is 0 Å². The van der Waals surface area contributed by atoms with Crippen LogP contribution < -0.4 is 5.32 Å². The fourth-order valence-electron chi connectivity index (χ4n) is 3.41. The van der Waals surface area contributed by atoms with Gasteiger partial charge in [-0.2, -0.15) is 5.10 Å². The van der Waals surface area contributed by atoms with Crippen LogP contribution >= 0.6 is 0 Å². The van der Waals surface area contributed by atoms with Crippen molar-refractivity contribution in [3.63, 3.8) is 0 Å². The van der Waals surface area contributed by atoms with E-state index in [1.807, 2.05) is 28.9 Å². The molecule has 0 bridgehead atoms.